The zero-order valence-electron chi connectivity index (χ0n) is 25.0. The van der Waals surface area contributed by atoms with Crippen LogP contribution in [-0.2, 0) is 19.8 Å². The van der Waals surface area contributed by atoms with Crippen molar-refractivity contribution < 1.29 is 18.9 Å². The van der Waals surface area contributed by atoms with Gasteiger partial charge >= 0.3 is 0 Å². The van der Waals surface area contributed by atoms with Gasteiger partial charge in [-0.3, -0.25) is 0 Å². The second kappa shape index (κ2) is 13.7. The number of methoxy groups -OCH3 is 2. The molecule has 0 aliphatic carbocycles. The van der Waals surface area contributed by atoms with Crippen LogP contribution in [0.15, 0.2) is 140 Å². The van der Waals surface area contributed by atoms with Crippen molar-refractivity contribution in [1.82, 2.24) is 4.57 Å². The fraction of sp³-hybridized carbons (Fsp3) is 0.128. The highest BCUT2D eigenvalue weighted by Gasteiger charge is 2.15. The molecule has 44 heavy (non-hydrogen) atoms. The minimum absolute atomic E-state index is 0.454. The summed E-state index contributed by atoms with van der Waals surface area (Å²) >= 11 is 0. The largest absolute Gasteiger partial charge is 0.497 e. The highest BCUT2D eigenvalue weighted by molar-refractivity contribution is 5.84. The van der Waals surface area contributed by atoms with Crippen molar-refractivity contribution >= 4 is 0 Å². The molecule has 0 aliphatic rings. The van der Waals surface area contributed by atoms with E-state index in [4.69, 9.17) is 18.9 Å². The molecule has 1 aromatic heterocycles. The highest BCUT2D eigenvalue weighted by atomic mass is 16.5. The van der Waals surface area contributed by atoms with Crippen LogP contribution in [0, 0.1) is 0 Å². The van der Waals surface area contributed by atoms with Gasteiger partial charge in [0.1, 0.15) is 24.7 Å². The Morgan fingerprint density at radius 3 is 1.52 bits per heavy atom. The molecule has 0 bridgehead atoms. The summed E-state index contributed by atoms with van der Waals surface area (Å²) in [5.74, 6) is 3.07. The summed E-state index contributed by atoms with van der Waals surface area (Å²) in [7, 11) is 3.38. The lowest BCUT2D eigenvalue weighted by Crippen LogP contribution is -2.03. The number of hydrogen-bond donors (Lipinski definition) is 0. The summed E-state index contributed by atoms with van der Waals surface area (Å²) in [5.41, 5.74) is 7.69. The summed E-state index contributed by atoms with van der Waals surface area (Å²) < 4.78 is 25.9. The van der Waals surface area contributed by atoms with Crippen molar-refractivity contribution in [2.45, 2.75) is 19.8 Å². The average molecular weight is 582 g/mol. The van der Waals surface area contributed by atoms with Gasteiger partial charge in [-0.05, 0) is 64.2 Å². The maximum absolute atomic E-state index is 6.35. The number of rotatable bonds is 12. The predicted molar refractivity (Wildman–Crippen MR) is 175 cm³/mol. The van der Waals surface area contributed by atoms with Crippen LogP contribution in [0.4, 0.5) is 0 Å². The predicted octanol–water partition coefficient (Wildman–Crippen LogP) is 9.05. The Balaban J connectivity index is 1.32. The van der Waals surface area contributed by atoms with Crippen LogP contribution in [0.25, 0.3) is 22.3 Å². The summed E-state index contributed by atoms with van der Waals surface area (Å²) in [6.07, 6.45) is 4.38. The second-order valence-corrected chi connectivity index (χ2v) is 10.6. The average Bonchev–Trinajstić information content (AvgIpc) is 3.51. The van der Waals surface area contributed by atoms with Gasteiger partial charge in [0, 0.05) is 30.1 Å². The lowest BCUT2D eigenvalue weighted by atomic mass is 9.99. The van der Waals surface area contributed by atoms with E-state index in [0.717, 1.165) is 61.9 Å². The summed E-state index contributed by atoms with van der Waals surface area (Å²) in [4.78, 5) is 0. The van der Waals surface area contributed by atoms with E-state index in [1.807, 2.05) is 66.7 Å². The van der Waals surface area contributed by atoms with Crippen molar-refractivity contribution in [2.75, 3.05) is 14.2 Å². The third-order valence-electron chi connectivity index (χ3n) is 7.49. The maximum atomic E-state index is 6.35. The molecule has 0 saturated heterocycles. The van der Waals surface area contributed by atoms with Gasteiger partial charge in [-0.1, -0.05) is 91.0 Å². The second-order valence-electron chi connectivity index (χ2n) is 10.6. The van der Waals surface area contributed by atoms with Gasteiger partial charge in [-0.15, -0.1) is 0 Å². The molecule has 5 aromatic carbocycles. The van der Waals surface area contributed by atoms with E-state index in [0.29, 0.717) is 19.8 Å². The maximum Gasteiger partial charge on any atom is 0.162 e. The van der Waals surface area contributed by atoms with Crippen LogP contribution in [0.3, 0.4) is 0 Å². The first kappa shape index (κ1) is 28.7. The third-order valence-corrected chi connectivity index (χ3v) is 7.49. The first-order valence-corrected chi connectivity index (χ1v) is 14.6. The Morgan fingerprint density at radius 1 is 0.477 bits per heavy atom. The minimum atomic E-state index is 0.454. The summed E-state index contributed by atoms with van der Waals surface area (Å²) in [6.45, 7) is 1.57. The Kier molecular flexibility index (Phi) is 8.93. The van der Waals surface area contributed by atoms with Crippen molar-refractivity contribution in [2.24, 2.45) is 0 Å². The van der Waals surface area contributed by atoms with Crippen molar-refractivity contribution in [1.29, 1.82) is 0 Å². The Morgan fingerprint density at radius 2 is 1.00 bits per heavy atom. The van der Waals surface area contributed by atoms with Gasteiger partial charge < -0.3 is 23.5 Å². The number of ether oxygens (including phenoxy) is 4. The van der Waals surface area contributed by atoms with Gasteiger partial charge in [0.25, 0.3) is 0 Å². The molecule has 0 amide bonds. The Bertz CT molecular complexity index is 1750. The molecular formula is C39H35NO4. The van der Waals surface area contributed by atoms with E-state index in [9.17, 15) is 0 Å². The molecule has 0 spiro atoms. The zero-order valence-corrected chi connectivity index (χ0v) is 25.0. The molecule has 5 heteroatoms. The normalized spacial score (nSPS) is 10.8. The van der Waals surface area contributed by atoms with Crippen LogP contribution < -0.4 is 18.9 Å². The van der Waals surface area contributed by atoms with Gasteiger partial charge in [0.2, 0.25) is 0 Å². The molecule has 0 radical (unpaired) electrons. The molecule has 0 N–H and O–H groups in total. The van der Waals surface area contributed by atoms with Gasteiger partial charge in [0.05, 0.1) is 14.2 Å². The zero-order chi connectivity index (χ0) is 30.1. The van der Waals surface area contributed by atoms with Crippen LogP contribution >= 0.6 is 0 Å². The molecular weight excluding hydrogens is 546 g/mol. The quantitative estimate of drug-likeness (QED) is 0.145. The molecule has 1 heterocycles. The van der Waals surface area contributed by atoms with E-state index < -0.39 is 0 Å². The monoisotopic (exact) mass is 581 g/mol. The van der Waals surface area contributed by atoms with E-state index in [1.54, 1.807) is 14.2 Å². The summed E-state index contributed by atoms with van der Waals surface area (Å²) in [5, 5.41) is 0. The fourth-order valence-corrected chi connectivity index (χ4v) is 5.20. The fourth-order valence-electron chi connectivity index (χ4n) is 5.20. The van der Waals surface area contributed by atoms with Crippen LogP contribution in [0.5, 0.6) is 23.0 Å². The number of aromatic nitrogens is 1. The SMILES string of the molecule is COc1cccc(-c2cn(Cc3ccc(OCc4ccccc4)c(OCc4ccccc4)c3)cc2-c2cccc(OC)c2)c1. The van der Waals surface area contributed by atoms with Crippen molar-refractivity contribution in [3.05, 3.63) is 156 Å². The molecule has 220 valence electrons. The van der Waals surface area contributed by atoms with Crippen molar-refractivity contribution in [3.63, 3.8) is 0 Å². The molecule has 5 nitrogen and oxygen atoms in total. The van der Waals surface area contributed by atoms with E-state index in [1.165, 1.54) is 0 Å². The lowest BCUT2D eigenvalue weighted by Gasteiger charge is -2.15. The standard InChI is InChI=1S/C39H35NO4/c1-41-34-17-9-15-32(22-34)36-25-40(26-37(36)33-16-10-18-35(23-33)42-2)24-31-19-20-38(43-27-29-11-5-3-6-12-29)39(21-31)44-28-30-13-7-4-8-14-30/h3-23,25-26H,24,27-28H2,1-2H3. The molecule has 6 rings (SSSR count). The Hall–Kier alpha value is -5.42. The first-order chi connectivity index (χ1) is 21.7. The van der Waals surface area contributed by atoms with Gasteiger partial charge in [-0.2, -0.15) is 0 Å². The number of benzene rings is 5. The first-order valence-electron chi connectivity index (χ1n) is 14.6. The highest BCUT2D eigenvalue weighted by Crippen LogP contribution is 2.37. The van der Waals surface area contributed by atoms with Gasteiger partial charge in [0.15, 0.2) is 11.5 Å². The van der Waals surface area contributed by atoms with Gasteiger partial charge in [-0.25, -0.2) is 0 Å². The molecule has 0 atom stereocenters. The molecule has 6 aromatic rings. The topological polar surface area (TPSA) is 41.9 Å². The number of nitrogens with zero attached hydrogens (tertiary/aromatic N) is 1. The van der Waals surface area contributed by atoms with Crippen LogP contribution in [0.2, 0.25) is 0 Å². The molecule has 0 saturated carbocycles. The molecule has 0 unspecified atom stereocenters. The number of hydrogen-bond acceptors (Lipinski definition) is 4. The summed E-state index contributed by atoms with van der Waals surface area (Å²) in [6, 6.07) is 42.9. The lowest BCUT2D eigenvalue weighted by molar-refractivity contribution is 0.255. The van der Waals surface area contributed by atoms with Crippen molar-refractivity contribution in [3.8, 4) is 45.3 Å². The Labute approximate surface area is 258 Å². The van der Waals surface area contributed by atoms with Crippen LogP contribution in [0.1, 0.15) is 16.7 Å². The smallest absolute Gasteiger partial charge is 0.162 e. The van der Waals surface area contributed by atoms with E-state index in [-0.39, 0.29) is 0 Å². The molecule has 0 aliphatic heterocycles. The minimum Gasteiger partial charge on any atom is -0.497 e. The molecule has 0 fully saturated rings. The third kappa shape index (κ3) is 6.96. The van der Waals surface area contributed by atoms with Crippen LogP contribution in [-0.4, -0.2) is 18.8 Å². The van der Waals surface area contributed by atoms with E-state index in [2.05, 4.69) is 77.6 Å². The van der Waals surface area contributed by atoms with E-state index >= 15 is 0 Å².